The number of aromatic nitrogens is 1. The number of ether oxygens (including phenoxy) is 2. The summed E-state index contributed by atoms with van der Waals surface area (Å²) in [5.74, 6) is 0.284. The lowest BCUT2D eigenvalue weighted by atomic mass is 9.95. The smallest absolute Gasteiger partial charge is 0.258 e. The number of nitrogens with zero attached hydrogens (tertiary/aromatic N) is 2. The van der Waals surface area contributed by atoms with Crippen LogP contribution in [0, 0.1) is 5.92 Å². The molecule has 1 fully saturated rings. The molecule has 0 spiro atoms. The van der Waals surface area contributed by atoms with E-state index in [0.29, 0.717) is 32.1 Å². The Hall–Kier alpha value is -3.45. The molecule has 3 aromatic rings. The molecule has 0 saturated carbocycles. The monoisotopic (exact) mass is 461 g/mol. The molecule has 7 nitrogen and oxygen atoms in total. The second-order valence-corrected chi connectivity index (χ2v) is 9.19. The second kappa shape index (κ2) is 10.7. The highest BCUT2D eigenvalue weighted by Crippen LogP contribution is 2.23. The Kier molecular flexibility index (Phi) is 7.43. The van der Waals surface area contributed by atoms with Crippen LogP contribution < -0.4 is 10.1 Å². The van der Waals surface area contributed by atoms with Gasteiger partial charge in [-0.25, -0.2) is 0 Å². The van der Waals surface area contributed by atoms with Gasteiger partial charge in [-0.05, 0) is 49.4 Å². The number of hydrogen-bond acceptors (Lipinski definition) is 5. The molecule has 0 bridgehead atoms. The molecule has 1 aliphatic heterocycles. The van der Waals surface area contributed by atoms with Crippen LogP contribution in [0.4, 0.5) is 0 Å². The molecule has 7 heteroatoms. The first-order valence-electron chi connectivity index (χ1n) is 11.6. The number of rotatable bonds is 7. The van der Waals surface area contributed by atoms with E-state index in [0.717, 1.165) is 17.2 Å². The number of nitrogens with one attached hydrogen (secondary N) is 1. The molecule has 1 unspecified atom stereocenters. The summed E-state index contributed by atoms with van der Waals surface area (Å²) in [6.07, 6.45) is 4.47. The number of benzene rings is 2. The van der Waals surface area contributed by atoms with Crippen molar-refractivity contribution in [3.63, 3.8) is 0 Å². The van der Waals surface area contributed by atoms with Crippen LogP contribution in [0.5, 0.6) is 5.75 Å². The SMILES string of the molecule is CC(C)(NC(=O)COc1ccccc1)C(=O)N1CCOCC(Cc2cccc3ccncc23)C1. The van der Waals surface area contributed by atoms with Crippen molar-refractivity contribution in [3.05, 3.63) is 72.6 Å². The number of pyridine rings is 1. The average Bonchev–Trinajstić information content (AvgIpc) is 3.08. The maximum Gasteiger partial charge on any atom is 0.258 e. The van der Waals surface area contributed by atoms with E-state index in [2.05, 4.69) is 22.4 Å². The van der Waals surface area contributed by atoms with E-state index in [9.17, 15) is 9.59 Å². The van der Waals surface area contributed by atoms with E-state index in [4.69, 9.17) is 9.47 Å². The molecule has 34 heavy (non-hydrogen) atoms. The highest BCUT2D eigenvalue weighted by atomic mass is 16.5. The predicted molar refractivity (Wildman–Crippen MR) is 130 cm³/mol. The van der Waals surface area contributed by atoms with Crippen molar-refractivity contribution in [3.8, 4) is 5.75 Å². The Morgan fingerprint density at radius 2 is 1.97 bits per heavy atom. The van der Waals surface area contributed by atoms with Crippen LogP contribution in [0.2, 0.25) is 0 Å². The van der Waals surface area contributed by atoms with Gasteiger partial charge in [-0.2, -0.15) is 0 Å². The van der Waals surface area contributed by atoms with E-state index in [1.54, 1.807) is 37.1 Å². The Morgan fingerprint density at radius 1 is 1.15 bits per heavy atom. The van der Waals surface area contributed by atoms with Crippen molar-refractivity contribution in [2.45, 2.75) is 25.8 Å². The third-order valence-corrected chi connectivity index (χ3v) is 6.01. The second-order valence-electron chi connectivity index (χ2n) is 9.19. The summed E-state index contributed by atoms with van der Waals surface area (Å²) in [6, 6.07) is 17.4. The zero-order valence-electron chi connectivity index (χ0n) is 19.7. The topological polar surface area (TPSA) is 80.8 Å². The number of carbonyl (C=O) groups excluding carboxylic acids is 2. The molecule has 0 radical (unpaired) electrons. The minimum absolute atomic E-state index is 0.129. The lowest BCUT2D eigenvalue weighted by molar-refractivity contribution is -0.141. The van der Waals surface area contributed by atoms with Crippen molar-refractivity contribution in [2.24, 2.45) is 5.92 Å². The summed E-state index contributed by atoms with van der Waals surface area (Å²) >= 11 is 0. The van der Waals surface area contributed by atoms with Gasteiger partial charge in [0.2, 0.25) is 5.91 Å². The first kappa shape index (κ1) is 23.7. The highest BCUT2D eigenvalue weighted by Gasteiger charge is 2.35. The first-order chi connectivity index (χ1) is 16.4. The summed E-state index contributed by atoms with van der Waals surface area (Å²) < 4.78 is 11.4. The van der Waals surface area contributed by atoms with E-state index in [1.165, 1.54) is 5.56 Å². The number of amides is 2. The molecular formula is C27H31N3O4. The van der Waals surface area contributed by atoms with Gasteiger partial charge in [-0.3, -0.25) is 14.6 Å². The fourth-order valence-electron chi connectivity index (χ4n) is 4.35. The van der Waals surface area contributed by atoms with Crippen molar-refractivity contribution in [2.75, 3.05) is 32.9 Å². The molecule has 1 aromatic heterocycles. The van der Waals surface area contributed by atoms with Crippen molar-refractivity contribution < 1.29 is 19.1 Å². The van der Waals surface area contributed by atoms with Gasteiger partial charge in [-0.1, -0.05) is 36.4 Å². The Labute approximate surface area is 200 Å². The molecule has 2 heterocycles. The standard InChI is InChI=1S/C27H31N3O4/c1-27(2,29-25(31)19-34-23-9-4-3-5-10-23)26(32)30-13-14-33-18-20(17-30)15-22-8-6-7-21-11-12-28-16-24(21)22/h3-12,16,20H,13-15,17-19H2,1-2H3,(H,29,31). The number of para-hydroxylation sites is 1. The molecule has 2 aromatic carbocycles. The Morgan fingerprint density at radius 3 is 2.79 bits per heavy atom. The van der Waals surface area contributed by atoms with Gasteiger partial charge >= 0.3 is 0 Å². The summed E-state index contributed by atoms with van der Waals surface area (Å²) in [5.41, 5.74) is 0.133. The lowest BCUT2D eigenvalue weighted by Gasteiger charge is -2.33. The fourth-order valence-corrected chi connectivity index (χ4v) is 4.35. The molecular weight excluding hydrogens is 430 g/mol. The van der Waals surface area contributed by atoms with Crippen molar-refractivity contribution in [1.82, 2.24) is 15.2 Å². The molecule has 2 amide bonds. The van der Waals surface area contributed by atoms with Crippen LogP contribution in [0.15, 0.2) is 67.0 Å². The van der Waals surface area contributed by atoms with E-state index in [-0.39, 0.29) is 24.3 Å². The summed E-state index contributed by atoms with van der Waals surface area (Å²) in [4.78, 5) is 32.0. The van der Waals surface area contributed by atoms with Crippen LogP contribution in [-0.2, 0) is 20.7 Å². The number of fused-ring (bicyclic) bond motifs is 1. The highest BCUT2D eigenvalue weighted by molar-refractivity contribution is 5.91. The summed E-state index contributed by atoms with van der Waals surface area (Å²) in [7, 11) is 0. The van der Waals surface area contributed by atoms with E-state index < -0.39 is 5.54 Å². The van der Waals surface area contributed by atoms with Gasteiger partial charge in [0.05, 0.1) is 13.2 Å². The van der Waals surface area contributed by atoms with Crippen LogP contribution in [-0.4, -0.2) is 60.1 Å². The number of hydrogen-bond donors (Lipinski definition) is 1. The fraction of sp³-hybridized carbons (Fsp3) is 0.370. The molecule has 4 rings (SSSR count). The maximum absolute atomic E-state index is 13.4. The quantitative estimate of drug-likeness (QED) is 0.584. The third-order valence-electron chi connectivity index (χ3n) is 6.01. The summed E-state index contributed by atoms with van der Waals surface area (Å²) in [6.45, 7) is 5.42. The minimum Gasteiger partial charge on any atom is -0.484 e. The van der Waals surface area contributed by atoms with Gasteiger partial charge in [-0.15, -0.1) is 0 Å². The molecule has 1 saturated heterocycles. The average molecular weight is 462 g/mol. The zero-order valence-corrected chi connectivity index (χ0v) is 19.7. The molecule has 178 valence electrons. The number of carbonyl (C=O) groups is 2. The third kappa shape index (κ3) is 5.91. The Balaban J connectivity index is 1.38. The molecule has 0 aliphatic carbocycles. The first-order valence-corrected chi connectivity index (χ1v) is 11.6. The van der Waals surface area contributed by atoms with Gasteiger partial charge in [0.15, 0.2) is 6.61 Å². The lowest BCUT2D eigenvalue weighted by Crippen LogP contribution is -2.57. The van der Waals surface area contributed by atoms with Crippen LogP contribution in [0.3, 0.4) is 0 Å². The van der Waals surface area contributed by atoms with Crippen LogP contribution >= 0.6 is 0 Å². The Bertz CT molecular complexity index is 1130. The predicted octanol–water partition coefficient (Wildman–Crippen LogP) is 3.23. The van der Waals surface area contributed by atoms with Gasteiger partial charge in [0, 0.05) is 36.8 Å². The molecule has 1 N–H and O–H groups in total. The normalized spacial score (nSPS) is 16.6. The maximum atomic E-state index is 13.4. The minimum atomic E-state index is -1.06. The van der Waals surface area contributed by atoms with Crippen LogP contribution in [0.25, 0.3) is 10.8 Å². The van der Waals surface area contributed by atoms with Crippen LogP contribution in [0.1, 0.15) is 19.4 Å². The van der Waals surface area contributed by atoms with Crippen molar-refractivity contribution >= 4 is 22.6 Å². The van der Waals surface area contributed by atoms with Gasteiger partial charge in [0.25, 0.3) is 5.91 Å². The van der Waals surface area contributed by atoms with Gasteiger partial charge < -0.3 is 19.7 Å². The molecule has 1 atom stereocenters. The zero-order chi connectivity index (χ0) is 24.0. The van der Waals surface area contributed by atoms with E-state index >= 15 is 0 Å². The largest absolute Gasteiger partial charge is 0.484 e. The van der Waals surface area contributed by atoms with Crippen molar-refractivity contribution in [1.29, 1.82) is 0 Å². The molecule has 1 aliphatic rings. The van der Waals surface area contributed by atoms with Gasteiger partial charge in [0.1, 0.15) is 11.3 Å². The summed E-state index contributed by atoms with van der Waals surface area (Å²) in [5, 5.41) is 5.10. The van der Waals surface area contributed by atoms with E-state index in [1.807, 2.05) is 36.5 Å².